The number of ether oxygens (including phenoxy) is 1. The highest BCUT2D eigenvalue weighted by Crippen LogP contribution is 2.25. The summed E-state index contributed by atoms with van der Waals surface area (Å²) in [5, 5.41) is 6.31. The van der Waals surface area contributed by atoms with Crippen molar-refractivity contribution in [3.8, 4) is 5.75 Å². The summed E-state index contributed by atoms with van der Waals surface area (Å²) in [5.41, 5.74) is 0.294. The van der Waals surface area contributed by atoms with Crippen LogP contribution in [-0.2, 0) is 10.0 Å². The van der Waals surface area contributed by atoms with Gasteiger partial charge in [-0.25, -0.2) is 13.1 Å². The molecule has 0 bridgehead atoms. The van der Waals surface area contributed by atoms with E-state index in [1.54, 1.807) is 19.9 Å². The first-order valence-electron chi connectivity index (χ1n) is 8.49. The summed E-state index contributed by atoms with van der Waals surface area (Å²) in [6, 6.07) is 4.38. The Bertz CT molecular complexity index is 725. The molecule has 2 atom stereocenters. The van der Waals surface area contributed by atoms with Crippen molar-refractivity contribution in [1.29, 1.82) is 0 Å². The smallest absolute Gasteiger partial charge is 0.251 e. The largest absolute Gasteiger partial charge is 0.495 e. The quantitative estimate of drug-likeness (QED) is 0.669. The van der Waals surface area contributed by atoms with E-state index in [0.717, 1.165) is 19.4 Å². The third kappa shape index (κ3) is 5.57. The van der Waals surface area contributed by atoms with Crippen LogP contribution < -0.4 is 20.1 Å². The van der Waals surface area contributed by atoms with Crippen molar-refractivity contribution in [2.45, 2.75) is 56.6 Å². The van der Waals surface area contributed by atoms with Crippen LogP contribution in [0.2, 0.25) is 0 Å². The number of piperidine rings is 1. The Morgan fingerprint density at radius 3 is 2.62 bits per heavy atom. The van der Waals surface area contributed by atoms with Crippen LogP contribution >= 0.6 is 12.4 Å². The van der Waals surface area contributed by atoms with E-state index in [0.29, 0.717) is 5.56 Å². The molecule has 1 heterocycles. The first kappa shape index (κ1) is 22.7. The Balaban J connectivity index is 0.00000338. The van der Waals surface area contributed by atoms with Gasteiger partial charge >= 0.3 is 0 Å². The van der Waals surface area contributed by atoms with Gasteiger partial charge in [0.2, 0.25) is 10.0 Å². The number of carbonyl (C=O) groups is 1. The molecule has 26 heavy (non-hydrogen) atoms. The lowest BCUT2D eigenvalue weighted by Gasteiger charge is -2.30. The fourth-order valence-corrected chi connectivity index (χ4v) is 4.34. The van der Waals surface area contributed by atoms with Gasteiger partial charge in [0.15, 0.2) is 0 Å². The van der Waals surface area contributed by atoms with Crippen LogP contribution in [0.5, 0.6) is 5.75 Å². The van der Waals surface area contributed by atoms with E-state index in [9.17, 15) is 13.2 Å². The molecule has 7 nitrogen and oxygen atoms in total. The summed E-state index contributed by atoms with van der Waals surface area (Å²) in [5.74, 6) is -0.0819. The second kappa shape index (κ2) is 9.55. The molecule has 0 aliphatic carbocycles. The standard InChI is InChI=1S/C17H27N3O4S.ClH/c1-11(2)20-25(22,23)16-10-13(7-8-15(16)24-4)17(21)19-14-6-5-9-18-12(14)3;/h7-8,10-12,14,18,20H,5-6,9H2,1-4H3,(H,19,21);1H. The molecule has 1 amide bonds. The minimum absolute atomic E-state index is 0. The summed E-state index contributed by atoms with van der Waals surface area (Å²) in [4.78, 5) is 12.5. The van der Waals surface area contributed by atoms with E-state index in [1.807, 2.05) is 6.92 Å². The molecule has 1 saturated heterocycles. The van der Waals surface area contributed by atoms with Gasteiger partial charge in [0.05, 0.1) is 7.11 Å². The number of sulfonamides is 1. The molecule has 1 aromatic rings. The summed E-state index contributed by atoms with van der Waals surface area (Å²) >= 11 is 0. The minimum atomic E-state index is -3.77. The Morgan fingerprint density at radius 1 is 1.35 bits per heavy atom. The van der Waals surface area contributed by atoms with Gasteiger partial charge in [0, 0.05) is 23.7 Å². The molecule has 1 aliphatic rings. The molecule has 0 saturated carbocycles. The van der Waals surface area contributed by atoms with Crippen LogP contribution in [0.25, 0.3) is 0 Å². The predicted octanol–water partition coefficient (Wildman–Crippen LogP) is 1.67. The number of hydrogen-bond acceptors (Lipinski definition) is 5. The molecule has 148 valence electrons. The van der Waals surface area contributed by atoms with Crippen LogP contribution in [0.1, 0.15) is 44.0 Å². The van der Waals surface area contributed by atoms with Gasteiger partial charge in [-0.05, 0) is 58.4 Å². The lowest BCUT2D eigenvalue weighted by atomic mass is 9.99. The maximum absolute atomic E-state index is 12.6. The monoisotopic (exact) mass is 405 g/mol. The summed E-state index contributed by atoms with van der Waals surface area (Å²) in [7, 11) is -2.37. The molecular weight excluding hydrogens is 378 g/mol. The fraction of sp³-hybridized carbons (Fsp3) is 0.588. The van der Waals surface area contributed by atoms with Gasteiger partial charge in [-0.2, -0.15) is 0 Å². The zero-order valence-electron chi connectivity index (χ0n) is 15.5. The molecular formula is C17H28ClN3O4S. The SMILES string of the molecule is COc1ccc(C(=O)NC2CCCNC2C)cc1S(=O)(=O)NC(C)C.Cl. The number of rotatable bonds is 6. The normalized spacial score (nSPS) is 20.3. The molecule has 9 heteroatoms. The van der Waals surface area contributed by atoms with Crippen LogP contribution in [-0.4, -0.2) is 46.1 Å². The molecule has 2 unspecified atom stereocenters. The summed E-state index contributed by atoms with van der Waals surface area (Å²) in [6.07, 6.45) is 1.89. The number of methoxy groups -OCH3 is 1. The highest BCUT2D eigenvalue weighted by atomic mass is 35.5. The van der Waals surface area contributed by atoms with E-state index in [-0.39, 0.29) is 47.1 Å². The maximum Gasteiger partial charge on any atom is 0.251 e. The molecule has 1 fully saturated rings. The third-order valence-electron chi connectivity index (χ3n) is 4.18. The van der Waals surface area contributed by atoms with E-state index < -0.39 is 10.0 Å². The molecule has 3 N–H and O–H groups in total. The lowest BCUT2D eigenvalue weighted by molar-refractivity contribution is 0.0919. The Labute approximate surface area is 161 Å². The Kier molecular flexibility index (Phi) is 8.33. The first-order chi connectivity index (χ1) is 11.7. The van der Waals surface area contributed by atoms with Gasteiger partial charge in [0.25, 0.3) is 5.91 Å². The number of nitrogens with one attached hydrogen (secondary N) is 3. The van der Waals surface area contributed by atoms with E-state index in [4.69, 9.17) is 4.74 Å². The van der Waals surface area contributed by atoms with E-state index in [1.165, 1.54) is 19.2 Å². The second-order valence-electron chi connectivity index (χ2n) is 6.61. The first-order valence-corrected chi connectivity index (χ1v) is 9.97. The topological polar surface area (TPSA) is 96.5 Å². The average molecular weight is 406 g/mol. The molecule has 0 spiro atoms. The zero-order chi connectivity index (χ0) is 18.6. The lowest BCUT2D eigenvalue weighted by Crippen LogP contribution is -2.51. The molecule has 1 aromatic carbocycles. The highest BCUT2D eigenvalue weighted by molar-refractivity contribution is 7.89. The van der Waals surface area contributed by atoms with Crippen molar-refractivity contribution in [3.63, 3.8) is 0 Å². The van der Waals surface area contributed by atoms with E-state index in [2.05, 4.69) is 15.4 Å². The van der Waals surface area contributed by atoms with Crippen molar-refractivity contribution in [2.24, 2.45) is 0 Å². The van der Waals surface area contributed by atoms with Crippen molar-refractivity contribution < 1.29 is 17.9 Å². The summed E-state index contributed by atoms with van der Waals surface area (Å²) in [6.45, 7) is 6.44. The van der Waals surface area contributed by atoms with Crippen LogP contribution in [0.4, 0.5) is 0 Å². The molecule has 2 rings (SSSR count). The number of hydrogen-bond donors (Lipinski definition) is 3. The summed E-state index contributed by atoms with van der Waals surface area (Å²) < 4.78 is 32.7. The van der Waals surface area contributed by atoms with Crippen LogP contribution in [0, 0.1) is 0 Å². The predicted molar refractivity (Wildman–Crippen MR) is 104 cm³/mol. The van der Waals surface area contributed by atoms with Crippen molar-refractivity contribution in [1.82, 2.24) is 15.4 Å². The van der Waals surface area contributed by atoms with Crippen molar-refractivity contribution >= 4 is 28.3 Å². The van der Waals surface area contributed by atoms with Crippen LogP contribution in [0.15, 0.2) is 23.1 Å². The Hall–Kier alpha value is -1.35. The average Bonchev–Trinajstić information content (AvgIpc) is 2.55. The highest BCUT2D eigenvalue weighted by Gasteiger charge is 2.25. The molecule has 1 aliphatic heterocycles. The third-order valence-corrected chi connectivity index (χ3v) is 5.86. The fourth-order valence-electron chi connectivity index (χ4n) is 2.89. The number of amides is 1. The van der Waals surface area contributed by atoms with Gasteiger partial charge in [0.1, 0.15) is 10.6 Å². The zero-order valence-corrected chi connectivity index (χ0v) is 17.2. The Morgan fingerprint density at radius 2 is 2.04 bits per heavy atom. The maximum atomic E-state index is 12.6. The number of halogens is 1. The van der Waals surface area contributed by atoms with E-state index >= 15 is 0 Å². The number of benzene rings is 1. The minimum Gasteiger partial charge on any atom is -0.495 e. The van der Waals surface area contributed by atoms with Gasteiger partial charge in [-0.1, -0.05) is 0 Å². The van der Waals surface area contributed by atoms with Gasteiger partial charge in [-0.3, -0.25) is 4.79 Å². The molecule has 0 aromatic heterocycles. The van der Waals surface area contributed by atoms with Gasteiger partial charge in [-0.15, -0.1) is 12.4 Å². The van der Waals surface area contributed by atoms with Crippen molar-refractivity contribution in [3.05, 3.63) is 23.8 Å². The second-order valence-corrected chi connectivity index (χ2v) is 8.29. The number of carbonyl (C=O) groups excluding carboxylic acids is 1. The van der Waals surface area contributed by atoms with Crippen LogP contribution in [0.3, 0.4) is 0 Å². The molecule has 0 radical (unpaired) electrons. The van der Waals surface area contributed by atoms with Crippen molar-refractivity contribution in [2.75, 3.05) is 13.7 Å². The van der Waals surface area contributed by atoms with Gasteiger partial charge < -0.3 is 15.4 Å².